The Bertz CT molecular complexity index is 19.5. The number of halogens is 1. The average Bonchev–Trinajstić information content (AvgIpc) is 1.61. The lowest BCUT2D eigenvalue weighted by molar-refractivity contribution is 1.12. The van der Waals surface area contributed by atoms with Gasteiger partial charge in [0.2, 0.25) is 0 Å². The van der Waals surface area contributed by atoms with Crippen LogP contribution in [-0.4, -0.2) is 17.9 Å². The summed E-state index contributed by atoms with van der Waals surface area (Å²) in [7, 11) is 0. The molecule has 0 aromatic rings. The summed E-state index contributed by atoms with van der Waals surface area (Å²) in [6, 6.07) is 0. The van der Waals surface area contributed by atoms with Crippen LogP contribution in [0.2, 0.25) is 0 Å². The highest BCUT2D eigenvalue weighted by molar-refractivity contribution is 7.98. The lowest BCUT2D eigenvalue weighted by atomic mass is 10.6. The zero-order chi connectivity index (χ0) is 4.83. The second-order valence-corrected chi connectivity index (χ2v) is 2.40. The Balaban J connectivity index is 2.34. The molecule has 0 radical (unpaired) electrons. The maximum atomic E-state index is 5.37. The molecule has 0 nitrogen and oxygen atoms in total. The van der Waals surface area contributed by atoms with Gasteiger partial charge in [0, 0.05) is 5.88 Å². The van der Waals surface area contributed by atoms with Crippen molar-refractivity contribution in [3.63, 3.8) is 0 Å². The monoisotopic (exact) mass is 124 g/mol. The summed E-state index contributed by atoms with van der Waals surface area (Å²) >= 11 is 7.21. The van der Waals surface area contributed by atoms with E-state index in [1.54, 1.807) is 0 Å². The van der Waals surface area contributed by atoms with E-state index >= 15 is 0 Å². The van der Waals surface area contributed by atoms with E-state index in [4.69, 9.17) is 11.6 Å². The molecule has 0 aliphatic rings. The second kappa shape index (κ2) is 5.64. The molecule has 0 aromatic heterocycles. The highest BCUT2D eigenvalue weighted by Crippen LogP contribution is 1.95. The Hall–Kier alpha value is 0.640. The second-order valence-electron chi connectivity index (χ2n) is 1.04. The first-order valence-corrected chi connectivity index (χ1v) is 3.89. The fraction of sp³-hybridized carbons (Fsp3) is 1.00. The molecule has 0 aromatic carbocycles. The smallest absolute Gasteiger partial charge is 0.0231 e. The van der Waals surface area contributed by atoms with Crippen LogP contribution in [0.15, 0.2) is 0 Å². The highest BCUT2D eigenvalue weighted by atomic mass is 35.5. The minimum absolute atomic E-state index is 0.806. The summed E-state index contributed by atoms with van der Waals surface area (Å²) < 4.78 is 0. The molecule has 0 spiro atoms. The van der Waals surface area contributed by atoms with Gasteiger partial charge in [-0.2, -0.15) is 11.8 Å². The topological polar surface area (TPSA) is 0 Å². The normalized spacial score (nSPS) is 9.00. The molecule has 0 aliphatic heterocycles. The molecular formula is C4H9ClS. The van der Waals surface area contributed by atoms with Crippen LogP contribution >= 0.6 is 23.4 Å². The van der Waals surface area contributed by atoms with Gasteiger partial charge in [-0.1, -0.05) is 0 Å². The summed E-state index contributed by atoms with van der Waals surface area (Å²) in [5.74, 6) is 2.00. The molecule has 0 saturated heterocycles. The van der Waals surface area contributed by atoms with Gasteiger partial charge in [0.05, 0.1) is 0 Å². The van der Waals surface area contributed by atoms with Gasteiger partial charge in [0.15, 0.2) is 0 Å². The van der Waals surface area contributed by atoms with Crippen LogP contribution in [0.5, 0.6) is 0 Å². The van der Waals surface area contributed by atoms with Crippen molar-refractivity contribution in [3.05, 3.63) is 0 Å². The maximum Gasteiger partial charge on any atom is 0.0231 e. The van der Waals surface area contributed by atoms with Crippen molar-refractivity contribution in [1.29, 1.82) is 0 Å². The van der Waals surface area contributed by atoms with Crippen molar-refractivity contribution in [3.8, 4) is 0 Å². The Morgan fingerprint density at radius 1 is 1.67 bits per heavy atom. The number of thioether (sulfide) groups is 1. The predicted molar refractivity (Wildman–Crippen MR) is 33.7 cm³/mol. The van der Waals surface area contributed by atoms with Crippen LogP contribution in [-0.2, 0) is 0 Å². The number of hydrogen-bond donors (Lipinski definition) is 0. The molecule has 0 atom stereocenters. The zero-order valence-electron chi connectivity index (χ0n) is 3.91. The first-order chi connectivity index (χ1) is 2.91. The third kappa shape index (κ3) is 4.64. The standard InChI is InChI=1S/C4H9ClS/c1-6-4-2-3-5/h2-4H2,1H3. The van der Waals surface area contributed by atoms with Gasteiger partial charge in [-0.15, -0.1) is 11.6 Å². The predicted octanol–water partition coefficient (Wildman–Crippen LogP) is 1.98. The van der Waals surface area contributed by atoms with Crippen molar-refractivity contribution in [2.24, 2.45) is 0 Å². The highest BCUT2D eigenvalue weighted by Gasteiger charge is 1.76. The molecule has 6 heavy (non-hydrogen) atoms. The largest absolute Gasteiger partial charge is 0.165 e. The van der Waals surface area contributed by atoms with Crippen molar-refractivity contribution in [2.75, 3.05) is 17.9 Å². The summed E-state index contributed by atoms with van der Waals surface area (Å²) in [5, 5.41) is 0. The van der Waals surface area contributed by atoms with E-state index in [0.29, 0.717) is 0 Å². The van der Waals surface area contributed by atoms with Gasteiger partial charge in [-0.25, -0.2) is 0 Å². The SMILES string of the molecule is CSCCCCl. The zero-order valence-corrected chi connectivity index (χ0v) is 5.48. The van der Waals surface area contributed by atoms with E-state index in [1.807, 2.05) is 11.8 Å². The van der Waals surface area contributed by atoms with E-state index in [9.17, 15) is 0 Å². The molecule has 0 aliphatic carbocycles. The fourth-order valence-corrected chi connectivity index (χ4v) is 0.924. The average molecular weight is 125 g/mol. The van der Waals surface area contributed by atoms with Crippen molar-refractivity contribution < 1.29 is 0 Å². The Morgan fingerprint density at radius 3 is 2.50 bits per heavy atom. The number of hydrogen-bond acceptors (Lipinski definition) is 1. The van der Waals surface area contributed by atoms with Crippen molar-refractivity contribution in [2.45, 2.75) is 6.42 Å². The maximum absolute atomic E-state index is 5.37. The van der Waals surface area contributed by atoms with Crippen LogP contribution in [0.25, 0.3) is 0 Å². The van der Waals surface area contributed by atoms with Gasteiger partial charge in [0.25, 0.3) is 0 Å². The molecule has 0 N–H and O–H groups in total. The first kappa shape index (κ1) is 6.64. The molecule has 2 heteroatoms. The molecule has 0 unspecified atom stereocenters. The fourth-order valence-electron chi connectivity index (χ4n) is 0.199. The quantitative estimate of drug-likeness (QED) is 0.410. The van der Waals surface area contributed by atoms with E-state index in [1.165, 1.54) is 5.75 Å². The lowest BCUT2D eigenvalue weighted by Gasteiger charge is -1.85. The summed E-state index contributed by atoms with van der Waals surface area (Å²) in [5.41, 5.74) is 0. The molecule has 0 bridgehead atoms. The first-order valence-electron chi connectivity index (χ1n) is 1.96. The number of alkyl halides is 1. The van der Waals surface area contributed by atoms with Crippen LogP contribution in [0.3, 0.4) is 0 Å². The lowest BCUT2D eigenvalue weighted by Crippen LogP contribution is -1.75. The number of rotatable bonds is 3. The van der Waals surface area contributed by atoms with Crippen molar-refractivity contribution in [1.82, 2.24) is 0 Å². The molecule has 0 fully saturated rings. The molecule has 0 heterocycles. The molecule has 38 valence electrons. The van der Waals surface area contributed by atoms with Gasteiger partial charge in [-0.05, 0) is 18.4 Å². The summed E-state index contributed by atoms with van der Waals surface area (Å²) in [4.78, 5) is 0. The van der Waals surface area contributed by atoms with E-state index < -0.39 is 0 Å². The van der Waals surface area contributed by atoms with Crippen molar-refractivity contribution >= 4 is 23.4 Å². The molecule has 0 amide bonds. The minimum Gasteiger partial charge on any atom is -0.165 e. The minimum atomic E-state index is 0.806. The third-order valence-corrected chi connectivity index (χ3v) is 1.45. The van der Waals surface area contributed by atoms with Gasteiger partial charge >= 0.3 is 0 Å². The van der Waals surface area contributed by atoms with Crippen LogP contribution in [0.4, 0.5) is 0 Å². The van der Waals surface area contributed by atoms with Crippen LogP contribution in [0.1, 0.15) is 6.42 Å². The van der Waals surface area contributed by atoms with E-state index in [2.05, 4.69) is 6.26 Å². The van der Waals surface area contributed by atoms with Crippen LogP contribution in [0, 0.1) is 0 Å². The molecule has 0 saturated carbocycles. The Kier molecular flexibility index (Phi) is 6.24. The van der Waals surface area contributed by atoms with Gasteiger partial charge < -0.3 is 0 Å². The van der Waals surface area contributed by atoms with E-state index in [-0.39, 0.29) is 0 Å². The van der Waals surface area contributed by atoms with Crippen LogP contribution < -0.4 is 0 Å². The van der Waals surface area contributed by atoms with Gasteiger partial charge in [0.1, 0.15) is 0 Å². The van der Waals surface area contributed by atoms with E-state index in [0.717, 1.165) is 12.3 Å². The third-order valence-electron chi connectivity index (χ3n) is 0.482. The molecular weight excluding hydrogens is 116 g/mol. The molecule has 0 rings (SSSR count). The Labute approximate surface area is 48.3 Å². The summed E-state index contributed by atoms with van der Waals surface area (Å²) in [6.45, 7) is 0. The van der Waals surface area contributed by atoms with Gasteiger partial charge in [-0.3, -0.25) is 0 Å². The Morgan fingerprint density at radius 2 is 2.33 bits per heavy atom. The summed E-state index contributed by atoms with van der Waals surface area (Å²) in [6.07, 6.45) is 3.23.